The zero-order valence-corrected chi connectivity index (χ0v) is 10.9. The number of hydrogen-bond donors (Lipinski definition) is 2. The van der Waals surface area contributed by atoms with Gasteiger partial charge in [-0.25, -0.2) is 4.98 Å². The number of thiazole rings is 1. The van der Waals surface area contributed by atoms with E-state index in [9.17, 15) is 0 Å². The predicted molar refractivity (Wildman–Crippen MR) is 65.4 cm³/mol. The van der Waals surface area contributed by atoms with Gasteiger partial charge in [0, 0.05) is 25.1 Å². The maximum atomic E-state index is 9.16. The van der Waals surface area contributed by atoms with Gasteiger partial charge in [-0.2, -0.15) is 0 Å². The second kappa shape index (κ2) is 6.96. The van der Waals surface area contributed by atoms with Crippen LogP contribution in [0.2, 0.25) is 0 Å². The van der Waals surface area contributed by atoms with Crippen molar-refractivity contribution in [3.63, 3.8) is 0 Å². The molecule has 0 unspecified atom stereocenters. The average molecular weight is 244 g/mol. The molecule has 0 fully saturated rings. The number of hydrogen-bond acceptors (Lipinski definition) is 5. The summed E-state index contributed by atoms with van der Waals surface area (Å²) in [6.07, 6.45) is 0. The van der Waals surface area contributed by atoms with Gasteiger partial charge >= 0.3 is 0 Å². The first kappa shape index (κ1) is 13.6. The lowest BCUT2D eigenvalue weighted by Gasteiger charge is -2.19. The molecule has 1 rings (SSSR count). The summed E-state index contributed by atoms with van der Waals surface area (Å²) in [7, 11) is 1.67. The quantitative estimate of drug-likeness (QED) is 0.761. The van der Waals surface area contributed by atoms with Crippen molar-refractivity contribution in [2.75, 3.05) is 13.7 Å². The molecule has 16 heavy (non-hydrogen) atoms. The number of nitrogens with one attached hydrogen (secondary N) is 1. The molecule has 0 spiro atoms. The summed E-state index contributed by atoms with van der Waals surface area (Å²) in [5.41, 5.74) is 1.01. The van der Waals surface area contributed by atoms with E-state index in [0.29, 0.717) is 19.1 Å². The first-order valence-corrected chi connectivity index (χ1v) is 6.31. The summed E-state index contributed by atoms with van der Waals surface area (Å²) in [5.74, 6) is 0.419. The molecule has 0 radical (unpaired) electrons. The minimum absolute atomic E-state index is 0.132. The summed E-state index contributed by atoms with van der Waals surface area (Å²) < 4.78 is 5.01. The number of rotatable bonds is 7. The van der Waals surface area contributed by atoms with Crippen LogP contribution >= 0.6 is 11.3 Å². The van der Waals surface area contributed by atoms with Crippen molar-refractivity contribution in [3.8, 4) is 0 Å². The minimum atomic E-state index is 0.132. The second-order valence-corrected chi connectivity index (χ2v) is 5.02. The molecule has 0 aliphatic rings. The lowest BCUT2D eigenvalue weighted by Crippen LogP contribution is -2.36. The number of aliphatic hydroxyl groups is 1. The van der Waals surface area contributed by atoms with Gasteiger partial charge in [-0.1, -0.05) is 13.8 Å². The van der Waals surface area contributed by atoms with Crippen molar-refractivity contribution in [2.45, 2.75) is 33.0 Å². The Bertz CT molecular complexity index is 302. The fourth-order valence-corrected chi connectivity index (χ4v) is 2.13. The van der Waals surface area contributed by atoms with Gasteiger partial charge in [0.25, 0.3) is 0 Å². The highest BCUT2D eigenvalue weighted by Gasteiger charge is 2.11. The summed E-state index contributed by atoms with van der Waals surface area (Å²) in [6, 6.07) is 0.132. The molecule has 0 aliphatic heterocycles. The third-order valence-electron chi connectivity index (χ3n) is 2.41. The molecule has 2 N–H and O–H groups in total. The SMILES string of the molecule is COCc1nc(CN[C@H](CO)C(C)C)cs1. The van der Waals surface area contributed by atoms with Crippen molar-refractivity contribution in [1.29, 1.82) is 0 Å². The van der Waals surface area contributed by atoms with Crippen molar-refractivity contribution >= 4 is 11.3 Å². The summed E-state index contributed by atoms with van der Waals surface area (Å²) in [6.45, 7) is 5.60. The Balaban J connectivity index is 2.41. The van der Waals surface area contributed by atoms with E-state index in [1.807, 2.05) is 5.38 Å². The summed E-state index contributed by atoms with van der Waals surface area (Å²) in [4.78, 5) is 4.41. The van der Waals surface area contributed by atoms with Gasteiger partial charge in [0.15, 0.2) is 0 Å². The van der Waals surface area contributed by atoms with Gasteiger partial charge in [-0.3, -0.25) is 0 Å². The van der Waals surface area contributed by atoms with E-state index < -0.39 is 0 Å². The predicted octanol–water partition coefficient (Wildman–Crippen LogP) is 1.40. The number of aromatic nitrogens is 1. The van der Waals surface area contributed by atoms with E-state index in [1.165, 1.54) is 0 Å². The molecule has 0 aromatic carbocycles. The molecule has 0 aliphatic carbocycles. The molecular weight excluding hydrogens is 224 g/mol. The van der Waals surface area contributed by atoms with E-state index in [-0.39, 0.29) is 12.6 Å². The Morgan fingerprint density at radius 2 is 2.31 bits per heavy atom. The number of nitrogens with zero attached hydrogens (tertiary/aromatic N) is 1. The molecule has 1 heterocycles. The van der Waals surface area contributed by atoms with Crippen LogP contribution in [0.5, 0.6) is 0 Å². The molecule has 1 atom stereocenters. The first-order valence-electron chi connectivity index (χ1n) is 5.43. The van der Waals surface area contributed by atoms with E-state index in [0.717, 1.165) is 10.7 Å². The van der Waals surface area contributed by atoms with Crippen LogP contribution in [0.4, 0.5) is 0 Å². The number of ether oxygens (including phenoxy) is 1. The average Bonchev–Trinajstić information content (AvgIpc) is 2.67. The van der Waals surface area contributed by atoms with Gasteiger partial charge in [-0.05, 0) is 5.92 Å². The molecule has 0 bridgehead atoms. The van der Waals surface area contributed by atoms with Crippen LogP contribution < -0.4 is 5.32 Å². The molecule has 5 heteroatoms. The molecule has 4 nitrogen and oxygen atoms in total. The van der Waals surface area contributed by atoms with Crippen LogP contribution in [0.15, 0.2) is 5.38 Å². The van der Waals surface area contributed by atoms with Crippen LogP contribution in [0.3, 0.4) is 0 Å². The highest BCUT2D eigenvalue weighted by atomic mass is 32.1. The van der Waals surface area contributed by atoms with E-state index in [1.54, 1.807) is 18.4 Å². The Hall–Kier alpha value is -0.490. The van der Waals surface area contributed by atoms with Crippen LogP contribution in [-0.4, -0.2) is 29.8 Å². The number of methoxy groups -OCH3 is 1. The molecule has 1 aromatic heterocycles. The normalized spacial score (nSPS) is 13.3. The fourth-order valence-electron chi connectivity index (χ4n) is 1.37. The maximum absolute atomic E-state index is 9.16. The van der Waals surface area contributed by atoms with Crippen LogP contribution in [0, 0.1) is 5.92 Å². The van der Waals surface area contributed by atoms with Crippen molar-refractivity contribution in [1.82, 2.24) is 10.3 Å². The lowest BCUT2D eigenvalue weighted by atomic mass is 10.1. The monoisotopic (exact) mass is 244 g/mol. The van der Waals surface area contributed by atoms with Crippen molar-refractivity contribution < 1.29 is 9.84 Å². The molecule has 0 amide bonds. The van der Waals surface area contributed by atoms with Gasteiger partial charge in [0.1, 0.15) is 5.01 Å². The molecule has 92 valence electrons. The Morgan fingerprint density at radius 3 is 2.88 bits per heavy atom. The van der Waals surface area contributed by atoms with E-state index >= 15 is 0 Å². The second-order valence-electron chi connectivity index (χ2n) is 4.08. The van der Waals surface area contributed by atoms with Gasteiger partial charge in [-0.15, -0.1) is 11.3 Å². The van der Waals surface area contributed by atoms with Crippen LogP contribution in [0.25, 0.3) is 0 Å². The maximum Gasteiger partial charge on any atom is 0.119 e. The first-order chi connectivity index (χ1) is 7.67. The minimum Gasteiger partial charge on any atom is -0.395 e. The van der Waals surface area contributed by atoms with Crippen molar-refractivity contribution in [3.05, 3.63) is 16.1 Å². The largest absolute Gasteiger partial charge is 0.395 e. The molecule has 1 aromatic rings. The fraction of sp³-hybridized carbons (Fsp3) is 0.727. The zero-order valence-electron chi connectivity index (χ0n) is 10.1. The standard InChI is InChI=1S/C11H20N2O2S/c1-8(2)10(5-14)12-4-9-7-16-11(13-9)6-15-3/h7-8,10,12,14H,4-6H2,1-3H3/t10-/m1/s1. The van der Waals surface area contributed by atoms with Crippen LogP contribution in [-0.2, 0) is 17.9 Å². The molecule has 0 saturated carbocycles. The summed E-state index contributed by atoms with van der Waals surface area (Å²) >= 11 is 1.60. The highest BCUT2D eigenvalue weighted by molar-refractivity contribution is 7.09. The third-order valence-corrected chi connectivity index (χ3v) is 3.29. The topological polar surface area (TPSA) is 54.4 Å². The number of aliphatic hydroxyl groups excluding tert-OH is 1. The van der Waals surface area contributed by atoms with Crippen LogP contribution in [0.1, 0.15) is 24.5 Å². The van der Waals surface area contributed by atoms with Gasteiger partial charge < -0.3 is 15.2 Å². The molecular formula is C11H20N2O2S. The molecule has 0 saturated heterocycles. The van der Waals surface area contributed by atoms with Crippen molar-refractivity contribution in [2.24, 2.45) is 5.92 Å². The Kier molecular flexibility index (Phi) is 5.90. The Labute approximate surface area is 101 Å². The van der Waals surface area contributed by atoms with Gasteiger partial charge in [0.05, 0.1) is 18.9 Å². The summed E-state index contributed by atoms with van der Waals surface area (Å²) in [5, 5.41) is 15.5. The third kappa shape index (κ3) is 4.17. The van der Waals surface area contributed by atoms with Gasteiger partial charge in [0.2, 0.25) is 0 Å². The Morgan fingerprint density at radius 1 is 1.56 bits per heavy atom. The van der Waals surface area contributed by atoms with E-state index in [4.69, 9.17) is 9.84 Å². The smallest absolute Gasteiger partial charge is 0.119 e. The highest BCUT2D eigenvalue weighted by Crippen LogP contribution is 2.11. The van der Waals surface area contributed by atoms with E-state index in [2.05, 4.69) is 24.1 Å². The lowest BCUT2D eigenvalue weighted by molar-refractivity contribution is 0.184. The zero-order chi connectivity index (χ0) is 12.0.